The molecule has 2 rings (SSSR count). The van der Waals surface area contributed by atoms with E-state index in [1.807, 2.05) is 31.2 Å². The molecule has 2 aromatic rings. The lowest BCUT2D eigenvalue weighted by molar-refractivity contribution is 0.102. The Kier molecular flexibility index (Phi) is 3.48. The highest BCUT2D eigenvalue weighted by Gasteiger charge is 2.13. The first kappa shape index (κ1) is 12.4. The molecule has 1 aromatic heterocycles. The molecule has 0 aliphatic carbocycles. The normalized spacial score (nSPS) is 10.4. The van der Waals surface area contributed by atoms with Gasteiger partial charge in [-0.25, -0.2) is 0 Å². The summed E-state index contributed by atoms with van der Waals surface area (Å²) in [6.07, 6.45) is 0. The molecule has 3 N–H and O–H groups in total. The summed E-state index contributed by atoms with van der Waals surface area (Å²) in [5.41, 5.74) is 7.84. The van der Waals surface area contributed by atoms with E-state index < -0.39 is 0 Å². The van der Waals surface area contributed by atoms with Gasteiger partial charge in [0.25, 0.3) is 5.91 Å². The highest BCUT2D eigenvalue weighted by molar-refractivity contribution is 6.05. The topological polar surface area (TPSA) is 68.3 Å². The Bertz CT molecular complexity index is 573. The highest BCUT2D eigenvalue weighted by atomic mass is 16.3. The van der Waals surface area contributed by atoms with Crippen LogP contribution in [0.4, 0.5) is 5.69 Å². The number of amides is 1. The van der Waals surface area contributed by atoms with Crippen LogP contribution in [0.15, 0.2) is 34.7 Å². The van der Waals surface area contributed by atoms with Crippen molar-refractivity contribution in [3.05, 3.63) is 53.0 Å². The van der Waals surface area contributed by atoms with Gasteiger partial charge < -0.3 is 15.5 Å². The Morgan fingerprint density at radius 1 is 1.33 bits per heavy atom. The molecule has 0 fully saturated rings. The van der Waals surface area contributed by atoms with Gasteiger partial charge in [-0.1, -0.05) is 12.1 Å². The number of rotatable bonds is 3. The molecule has 0 saturated carbocycles. The lowest BCUT2D eigenvalue weighted by Crippen LogP contribution is -2.12. The van der Waals surface area contributed by atoms with Crippen molar-refractivity contribution in [2.75, 3.05) is 5.32 Å². The highest BCUT2D eigenvalue weighted by Crippen LogP contribution is 2.17. The van der Waals surface area contributed by atoms with Crippen molar-refractivity contribution in [3.8, 4) is 0 Å². The Hall–Kier alpha value is -2.07. The molecular formula is C14H16N2O2. The molecule has 0 aliphatic rings. The number of hydrogen-bond acceptors (Lipinski definition) is 3. The smallest absolute Gasteiger partial charge is 0.259 e. The number of aryl methyl sites for hydroxylation is 2. The maximum Gasteiger partial charge on any atom is 0.259 e. The molecule has 0 saturated heterocycles. The molecule has 1 aromatic carbocycles. The van der Waals surface area contributed by atoms with Crippen LogP contribution in [-0.4, -0.2) is 5.91 Å². The van der Waals surface area contributed by atoms with E-state index in [4.69, 9.17) is 10.2 Å². The Balaban J connectivity index is 2.18. The Morgan fingerprint density at radius 2 is 2.11 bits per heavy atom. The molecule has 94 valence electrons. The van der Waals surface area contributed by atoms with Gasteiger partial charge in [0.05, 0.1) is 5.56 Å². The van der Waals surface area contributed by atoms with Crippen LogP contribution in [-0.2, 0) is 6.54 Å². The van der Waals surface area contributed by atoms with E-state index in [2.05, 4.69) is 5.32 Å². The van der Waals surface area contributed by atoms with Crippen molar-refractivity contribution in [2.45, 2.75) is 20.4 Å². The van der Waals surface area contributed by atoms with Crippen LogP contribution in [0.1, 0.15) is 27.4 Å². The lowest BCUT2D eigenvalue weighted by Gasteiger charge is -2.05. The second kappa shape index (κ2) is 5.06. The fourth-order valence-electron chi connectivity index (χ4n) is 1.83. The van der Waals surface area contributed by atoms with Gasteiger partial charge >= 0.3 is 0 Å². The quantitative estimate of drug-likeness (QED) is 0.872. The van der Waals surface area contributed by atoms with Gasteiger partial charge in [-0.05, 0) is 37.6 Å². The number of nitrogens with two attached hydrogens (primary N) is 1. The van der Waals surface area contributed by atoms with Crippen LogP contribution in [0, 0.1) is 13.8 Å². The van der Waals surface area contributed by atoms with E-state index in [0.29, 0.717) is 17.9 Å². The van der Waals surface area contributed by atoms with Gasteiger partial charge in [0, 0.05) is 12.2 Å². The standard InChI is InChI=1S/C14H16N2O2/c1-9-6-13(10(2)18-9)14(17)16-12-5-3-4-11(7-12)8-15/h3-7H,8,15H2,1-2H3,(H,16,17). The number of furan rings is 1. The molecule has 1 amide bonds. The van der Waals surface area contributed by atoms with E-state index in [-0.39, 0.29) is 5.91 Å². The van der Waals surface area contributed by atoms with E-state index >= 15 is 0 Å². The van der Waals surface area contributed by atoms with Crippen molar-refractivity contribution in [1.29, 1.82) is 0 Å². The lowest BCUT2D eigenvalue weighted by atomic mass is 10.2. The van der Waals surface area contributed by atoms with Crippen LogP contribution < -0.4 is 11.1 Å². The maximum absolute atomic E-state index is 12.0. The van der Waals surface area contributed by atoms with Gasteiger partial charge in [0.15, 0.2) is 0 Å². The molecule has 0 bridgehead atoms. The van der Waals surface area contributed by atoms with Crippen LogP contribution in [0.25, 0.3) is 0 Å². The van der Waals surface area contributed by atoms with E-state index in [1.54, 1.807) is 13.0 Å². The largest absolute Gasteiger partial charge is 0.466 e. The number of anilines is 1. The van der Waals surface area contributed by atoms with Crippen LogP contribution in [0.5, 0.6) is 0 Å². The maximum atomic E-state index is 12.0. The summed E-state index contributed by atoms with van der Waals surface area (Å²) in [5.74, 6) is 1.19. The van der Waals surface area contributed by atoms with Crippen molar-refractivity contribution >= 4 is 11.6 Å². The molecular weight excluding hydrogens is 228 g/mol. The fraction of sp³-hybridized carbons (Fsp3) is 0.214. The van der Waals surface area contributed by atoms with Crippen molar-refractivity contribution in [3.63, 3.8) is 0 Å². The molecule has 18 heavy (non-hydrogen) atoms. The summed E-state index contributed by atoms with van der Waals surface area (Å²) in [5, 5.41) is 2.83. The zero-order valence-corrected chi connectivity index (χ0v) is 10.5. The zero-order chi connectivity index (χ0) is 13.1. The first-order valence-electron chi connectivity index (χ1n) is 5.77. The van der Waals surface area contributed by atoms with Crippen molar-refractivity contribution in [1.82, 2.24) is 0 Å². The van der Waals surface area contributed by atoms with Crippen molar-refractivity contribution in [2.24, 2.45) is 5.73 Å². The zero-order valence-electron chi connectivity index (χ0n) is 10.5. The Labute approximate surface area is 106 Å². The van der Waals surface area contributed by atoms with Gasteiger partial charge in [-0.3, -0.25) is 4.79 Å². The molecule has 0 unspecified atom stereocenters. The third-order valence-electron chi connectivity index (χ3n) is 2.71. The van der Waals surface area contributed by atoms with E-state index in [0.717, 1.165) is 17.0 Å². The summed E-state index contributed by atoms with van der Waals surface area (Å²) >= 11 is 0. The second-order valence-electron chi connectivity index (χ2n) is 4.19. The third kappa shape index (κ3) is 2.60. The van der Waals surface area contributed by atoms with Gasteiger partial charge in [-0.15, -0.1) is 0 Å². The fourth-order valence-corrected chi connectivity index (χ4v) is 1.83. The number of hydrogen-bond donors (Lipinski definition) is 2. The number of benzene rings is 1. The first-order valence-corrected chi connectivity index (χ1v) is 5.77. The van der Waals surface area contributed by atoms with E-state index in [9.17, 15) is 4.79 Å². The molecule has 4 heteroatoms. The predicted octanol–water partition coefficient (Wildman–Crippen LogP) is 2.61. The Morgan fingerprint density at radius 3 is 2.72 bits per heavy atom. The second-order valence-corrected chi connectivity index (χ2v) is 4.19. The summed E-state index contributed by atoms with van der Waals surface area (Å²) in [4.78, 5) is 12.0. The van der Waals surface area contributed by atoms with Crippen LogP contribution in [0.2, 0.25) is 0 Å². The minimum Gasteiger partial charge on any atom is -0.466 e. The number of nitrogens with one attached hydrogen (secondary N) is 1. The average Bonchev–Trinajstić information content (AvgIpc) is 2.69. The monoisotopic (exact) mass is 244 g/mol. The molecule has 0 atom stereocenters. The first-order chi connectivity index (χ1) is 8.60. The third-order valence-corrected chi connectivity index (χ3v) is 2.71. The minimum atomic E-state index is -0.168. The summed E-state index contributed by atoms with van der Waals surface area (Å²) < 4.78 is 5.34. The van der Waals surface area contributed by atoms with Gasteiger partial charge in [0.1, 0.15) is 11.5 Å². The van der Waals surface area contributed by atoms with Crippen LogP contribution >= 0.6 is 0 Å². The van der Waals surface area contributed by atoms with Crippen molar-refractivity contribution < 1.29 is 9.21 Å². The molecule has 4 nitrogen and oxygen atoms in total. The summed E-state index contributed by atoms with van der Waals surface area (Å²) in [7, 11) is 0. The van der Waals surface area contributed by atoms with Gasteiger partial charge in [0.2, 0.25) is 0 Å². The summed E-state index contributed by atoms with van der Waals surface area (Å²) in [6.45, 7) is 4.05. The molecule has 0 spiro atoms. The average molecular weight is 244 g/mol. The van der Waals surface area contributed by atoms with Gasteiger partial charge in [-0.2, -0.15) is 0 Å². The minimum absolute atomic E-state index is 0.168. The predicted molar refractivity (Wildman–Crippen MR) is 70.5 cm³/mol. The molecule has 0 radical (unpaired) electrons. The summed E-state index contributed by atoms with van der Waals surface area (Å²) in [6, 6.07) is 9.21. The van der Waals surface area contributed by atoms with E-state index in [1.165, 1.54) is 0 Å². The number of carbonyl (C=O) groups excluding carboxylic acids is 1. The molecule has 0 aliphatic heterocycles. The number of carbonyl (C=O) groups is 1. The van der Waals surface area contributed by atoms with Crippen LogP contribution in [0.3, 0.4) is 0 Å². The SMILES string of the molecule is Cc1cc(C(=O)Nc2cccc(CN)c2)c(C)o1. The molecule has 1 heterocycles.